The zero-order valence-electron chi connectivity index (χ0n) is 8.62. The lowest BCUT2D eigenvalue weighted by molar-refractivity contribution is 0.592. The summed E-state index contributed by atoms with van der Waals surface area (Å²) in [6, 6.07) is 0. The largest absolute Gasteiger partial charge is 0.384 e. The topological polar surface area (TPSA) is 80.9 Å². The third-order valence-electron chi connectivity index (χ3n) is 2.13. The van der Waals surface area contributed by atoms with E-state index < -0.39 is 11.2 Å². The van der Waals surface area contributed by atoms with Crippen LogP contribution in [0.1, 0.15) is 19.3 Å². The van der Waals surface area contributed by atoms with Gasteiger partial charge in [-0.25, -0.2) is 4.79 Å². The zero-order valence-corrected chi connectivity index (χ0v) is 10.2. The Morgan fingerprint density at radius 1 is 1.44 bits per heavy atom. The summed E-state index contributed by atoms with van der Waals surface area (Å²) >= 11 is 3.03. The van der Waals surface area contributed by atoms with Crippen LogP contribution in [-0.2, 0) is 6.54 Å². The van der Waals surface area contributed by atoms with Gasteiger partial charge in [0.05, 0.1) is 0 Å². The average Bonchev–Trinajstić information content (AvgIpc) is 2.25. The van der Waals surface area contributed by atoms with E-state index in [4.69, 9.17) is 12.2 Å². The second-order valence-electron chi connectivity index (χ2n) is 3.27. The van der Waals surface area contributed by atoms with Crippen LogP contribution in [0, 0.1) is 12.3 Å². The van der Waals surface area contributed by atoms with Crippen molar-refractivity contribution in [1.29, 1.82) is 0 Å². The van der Waals surface area contributed by atoms with E-state index in [2.05, 4.69) is 26.8 Å². The lowest BCUT2D eigenvalue weighted by Gasteiger charge is -2.08. The minimum Gasteiger partial charge on any atom is -0.384 e. The van der Waals surface area contributed by atoms with Gasteiger partial charge in [0.1, 0.15) is 10.3 Å². The van der Waals surface area contributed by atoms with Gasteiger partial charge in [0.2, 0.25) is 0 Å². The van der Waals surface area contributed by atoms with Crippen molar-refractivity contribution in [3.8, 4) is 12.3 Å². The first-order valence-electron chi connectivity index (χ1n) is 4.79. The van der Waals surface area contributed by atoms with Gasteiger partial charge in [-0.15, -0.1) is 12.3 Å². The molecule has 3 N–H and O–H groups in total. The van der Waals surface area contributed by atoms with Crippen molar-refractivity contribution in [3.05, 3.63) is 25.3 Å². The molecule has 0 aliphatic carbocycles. The van der Waals surface area contributed by atoms with E-state index in [1.54, 1.807) is 0 Å². The summed E-state index contributed by atoms with van der Waals surface area (Å²) in [5.74, 6) is 2.67. The Hall–Kier alpha value is -1.48. The van der Waals surface area contributed by atoms with Crippen molar-refractivity contribution >= 4 is 21.7 Å². The molecule has 1 heterocycles. The van der Waals surface area contributed by atoms with Crippen LogP contribution in [-0.4, -0.2) is 9.55 Å². The zero-order chi connectivity index (χ0) is 12.1. The average molecular weight is 286 g/mol. The maximum Gasteiger partial charge on any atom is 0.329 e. The number of aromatic amines is 1. The van der Waals surface area contributed by atoms with Gasteiger partial charge in [0.25, 0.3) is 5.56 Å². The van der Waals surface area contributed by atoms with Crippen LogP contribution in [0.5, 0.6) is 0 Å². The first kappa shape index (κ1) is 12.6. The smallest absolute Gasteiger partial charge is 0.329 e. The predicted molar refractivity (Wildman–Crippen MR) is 66.1 cm³/mol. The molecular formula is C10H12BrN3O2. The lowest BCUT2D eigenvalue weighted by atomic mass is 10.2. The number of nitrogens with zero attached hydrogens (tertiary/aromatic N) is 1. The molecule has 0 saturated carbocycles. The van der Waals surface area contributed by atoms with E-state index >= 15 is 0 Å². The Morgan fingerprint density at radius 2 is 2.12 bits per heavy atom. The number of terminal acetylenes is 1. The summed E-state index contributed by atoms with van der Waals surface area (Å²) in [4.78, 5) is 24.8. The Kier molecular flexibility index (Phi) is 4.38. The van der Waals surface area contributed by atoms with Gasteiger partial charge < -0.3 is 5.73 Å². The number of hydrogen-bond donors (Lipinski definition) is 2. The minimum absolute atomic E-state index is 0.148. The number of hydrogen-bond acceptors (Lipinski definition) is 3. The predicted octanol–water partition coefficient (Wildman–Crippen LogP) is 0.685. The second kappa shape index (κ2) is 5.56. The Labute approximate surface area is 101 Å². The number of nitrogens with two attached hydrogens (primary N) is 1. The third kappa shape index (κ3) is 2.76. The molecule has 5 nitrogen and oxygen atoms in total. The molecule has 0 aliphatic rings. The number of nitrogen functional groups attached to an aromatic ring is 1. The lowest BCUT2D eigenvalue weighted by Crippen LogP contribution is -2.32. The highest BCUT2D eigenvalue weighted by Crippen LogP contribution is 2.11. The van der Waals surface area contributed by atoms with Crippen molar-refractivity contribution in [2.24, 2.45) is 0 Å². The highest BCUT2D eigenvalue weighted by atomic mass is 79.9. The van der Waals surface area contributed by atoms with Gasteiger partial charge in [-0.1, -0.05) is 0 Å². The highest BCUT2D eigenvalue weighted by Gasteiger charge is 2.08. The van der Waals surface area contributed by atoms with Crippen molar-refractivity contribution < 1.29 is 0 Å². The number of unbranched alkanes of at least 4 members (excludes halogenated alkanes) is 2. The van der Waals surface area contributed by atoms with E-state index in [9.17, 15) is 9.59 Å². The molecular weight excluding hydrogens is 274 g/mol. The highest BCUT2D eigenvalue weighted by molar-refractivity contribution is 9.10. The molecule has 0 aromatic carbocycles. The standard InChI is InChI=1S/C10H12BrN3O2/c1-2-3-4-5-6-14-8(12)7(11)9(15)13-10(14)16/h1H,3-6,12H2,(H,13,15,16). The minimum atomic E-state index is -0.512. The third-order valence-corrected chi connectivity index (χ3v) is 2.90. The molecule has 0 atom stereocenters. The van der Waals surface area contributed by atoms with Crippen LogP contribution in [0.25, 0.3) is 0 Å². The van der Waals surface area contributed by atoms with Crippen molar-refractivity contribution in [3.63, 3.8) is 0 Å². The molecule has 1 aromatic rings. The molecule has 0 spiro atoms. The normalized spacial score (nSPS) is 10.0. The molecule has 0 amide bonds. The van der Waals surface area contributed by atoms with Crippen LogP contribution in [0.2, 0.25) is 0 Å². The maximum atomic E-state index is 11.4. The molecule has 6 heteroatoms. The summed E-state index contributed by atoms with van der Waals surface area (Å²) in [6.45, 7) is 0.446. The molecule has 0 bridgehead atoms. The van der Waals surface area contributed by atoms with Gasteiger partial charge in [-0.05, 0) is 28.8 Å². The van der Waals surface area contributed by atoms with Crippen LogP contribution in [0.4, 0.5) is 5.82 Å². The quantitative estimate of drug-likeness (QED) is 0.631. The van der Waals surface area contributed by atoms with Crippen LogP contribution in [0.3, 0.4) is 0 Å². The summed E-state index contributed by atoms with van der Waals surface area (Å²) in [7, 11) is 0. The fraction of sp³-hybridized carbons (Fsp3) is 0.400. The number of rotatable bonds is 4. The van der Waals surface area contributed by atoms with Gasteiger partial charge in [-0.3, -0.25) is 14.3 Å². The molecule has 0 unspecified atom stereocenters. The molecule has 86 valence electrons. The Bertz CT molecular complexity index is 524. The summed E-state index contributed by atoms with van der Waals surface area (Å²) in [5.41, 5.74) is 4.65. The van der Waals surface area contributed by atoms with Crippen LogP contribution < -0.4 is 17.0 Å². The fourth-order valence-electron chi connectivity index (χ4n) is 1.28. The molecule has 16 heavy (non-hydrogen) atoms. The number of anilines is 1. The Morgan fingerprint density at radius 3 is 2.75 bits per heavy atom. The van der Waals surface area contributed by atoms with Crippen molar-refractivity contribution in [2.45, 2.75) is 25.8 Å². The monoisotopic (exact) mass is 285 g/mol. The van der Waals surface area contributed by atoms with Gasteiger partial charge >= 0.3 is 5.69 Å². The van der Waals surface area contributed by atoms with E-state index in [1.165, 1.54) is 4.57 Å². The fourth-order valence-corrected chi connectivity index (χ4v) is 1.60. The number of nitrogens with one attached hydrogen (secondary N) is 1. The van der Waals surface area contributed by atoms with E-state index in [0.717, 1.165) is 12.8 Å². The van der Waals surface area contributed by atoms with Gasteiger partial charge in [-0.2, -0.15) is 0 Å². The molecule has 0 radical (unpaired) electrons. The van der Waals surface area contributed by atoms with Crippen molar-refractivity contribution in [2.75, 3.05) is 5.73 Å². The summed E-state index contributed by atoms with van der Waals surface area (Å²) in [5, 5.41) is 0. The molecule has 0 saturated heterocycles. The summed E-state index contributed by atoms with van der Waals surface area (Å²) in [6.07, 6.45) is 7.34. The van der Waals surface area contributed by atoms with Crippen molar-refractivity contribution in [1.82, 2.24) is 9.55 Å². The van der Waals surface area contributed by atoms with Crippen LogP contribution >= 0.6 is 15.9 Å². The summed E-state index contributed by atoms with van der Waals surface area (Å²) < 4.78 is 1.51. The molecule has 0 fully saturated rings. The molecule has 1 aromatic heterocycles. The maximum absolute atomic E-state index is 11.4. The Balaban J connectivity index is 2.89. The first-order valence-corrected chi connectivity index (χ1v) is 5.58. The SMILES string of the molecule is C#CCCCCn1c(N)c(Br)c(=O)[nH]c1=O. The van der Waals surface area contributed by atoms with E-state index in [1.807, 2.05) is 0 Å². The molecule has 1 rings (SSSR count). The van der Waals surface area contributed by atoms with E-state index in [0.29, 0.717) is 13.0 Å². The number of aromatic nitrogens is 2. The number of halogens is 1. The molecule has 0 aliphatic heterocycles. The van der Waals surface area contributed by atoms with Gasteiger partial charge in [0, 0.05) is 13.0 Å². The van der Waals surface area contributed by atoms with Gasteiger partial charge in [0.15, 0.2) is 0 Å². The second-order valence-corrected chi connectivity index (χ2v) is 4.06. The number of H-pyrrole nitrogens is 1. The van der Waals surface area contributed by atoms with E-state index in [-0.39, 0.29) is 10.3 Å². The first-order chi connectivity index (χ1) is 7.57. The van der Waals surface area contributed by atoms with Crippen LogP contribution in [0.15, 0.2) is 14.1 Å².